The fourth-order valence-electron chi connectivity index (χ4n) is 1.40. The van der Waals surface area contributed by atoms with Gasteiger partial charge in [-0.05, 0) is 25.7 Å². The van der Waals surface area contributed by atoms with Crippen molar-refractivity contribution in [3.63, 3.8) is 0 Å². The highest BCUT2D eigenvalue weighted by molar-refractivity contribution is 4.72. The van der Waals surface area contributed by atoms with Crippen molar-refractivity contribution in [1.82, 2.24) is 5.01 Å². The lowest BCUT2D eigenvalue weighted by Gasteiger charge is -2.29. The van der Waals surface area contributed by atoms with Crippen LogP contribution in [0.2, 0.25) is 0 Å². The number of nitrogens with two attached hydrogens (primary N) is 1. The van der Waals surface area contributed by atoms with Gasteiger partial charge in [-0.25, -0.2) is 5.01 Å². The van der Waals surface area contributed by atoms with E-state index in [-0.39, 0.29) is 6.10 Å². The molecule has 0 amide bonds. The summed E-state index contributed by atoms with van der Waals surface area (Å²) in [5.41, 5.74) is 0. The minimum Gasteiger partial charge on any atom is -0.393 e. The Morgan fingerprint density at radius 3 is 2.40 bits per heavy atom. The van der Waals surface area contributed by atoms with E-state index < -0.39 is 0 Å². The Bertz CT molecular complexity index is 97.8. The van der Waals surface area contributed by atoms with Gasteiger partial charge in [0.15, 0.2) is 0 Å². The Labute approximate surface area is 61.8 Å². The predicted octanol–water partition coefficient (Wildman–Crippen LogP) is -0.0471. The van der Waals surface area contributed by atoms with E-state index in [1.54, 1.807) is 0 Å². The number of aliphatic hydroxyl groups excluding tert-OH is 1. The second-order valence-electron chi connectivity index (χ2n) is 3.11. The smallest absolute Gasteiger partial charge is 0.0541 e. The van der Waals surface area contributed by atoms with Gasteiger partial charge in [-0.1, -0.05) is 0 Å². The molecular formula is C7H16N2O. The van der Waals surface area contributed by atoms with Crippen LogP contribution in [0.3, 0.4) is 0 Å². The van der Waals surface area contributed by atoms with Crippen LogP contribution < -0.4 is 5.84 Å². The summed E-state index contributed by atoms with van der Waals surface area (Å²) in [6.45, 7) is 3.71. The average Bonchev–Trinajstić information content (AvgIpc) is 1.88. The fourth-order valence-corrected chi connectivity index (χ4v) is 1.40. The van der Waals surface area contributed by atoms with Gasteiger partial charge in [0.05, 0.1) is 6.10 Å². The fraction of sp³-hybridized carbons (Fsp3) is 1.00. The molecular weight excluding hydrogens is 128 g/mol. The maximum atomic E-state index is 9.20. The van der Waals surface area contributed by atoms with Gasteiger partial charge in [0, 0.05) is 13.1 Å². The zero-order valence-corrected chi connectivity index (χ0v) is 6.45. The van der Waals surface area contributed by atoms with Crippen molar-refractivity contribution < 1.29 is 5.11 Å². The number of hydrazine groups is 1. The van der Waals surface area contributed by atoms with Crippen LogP contribution in [0.25, 0.3) is 0 Å². The molecule has 0 aromatic rings. The van der Waals surface area contributed by atoms with Gasteiger partial charge in [-0.3, -0.25) is 5.84 Å². The minimum absolute atomic E-state index is 0.159. The van der Waals surface area contributed by atoms with Crippen LogP contribution in [0.5, 0.6) is 0 Å². The van der Waals surface area contributed by atoms with Crippen LogP contribution >= 0.6 is 0 Å². The number of piperidine rings is 1. The molecule has 3 nitrogen and oxygen atoms in total. The summed E-state index contributed by atoms with van der Waals surface area (Å²) in [7, 11) is 0. The van der Waals surface area contributed by atoms with Crippen LogP contribution in [0, 0.1) is 5.92 Å². The normalized spacial score (nSPS) is 26.7. The predicted molar refractivity (Wildman–Crippen MR) is 40.2 cm³/mol. The lowest BCUT2D eigenvalue weighted by Crippen LogP contribution is -2.41. The molecule has 1 saturated heterocycles. The maximum Gasteiger partial charge on any atom is 0.0541 e. The van der Waals surface area contributed by atoms with Crippen molar-refractivity contribution in [1.29, 1.82) is 0 Å². The average molecular weight is 144 g/mol. The van der Waals surface area contributed by atoms with Gasteiger partial charge in [0.25, 0.3) is 0 Å². The molecule has 1 heterocycles. The van der Waals surface area contributed by atoms with Crippen molar-refractivity contribution in [2.45, 2.75) is 25.9 Å². The number of nitrogens with zero attached hydrogens (tertiary/aromatic N) is 1. The van der Waals surface area contributed by atoms with E-state index in [9.17, 15) is 5.11 Å². The van der Waals surface area contributed by atoms with Crippen LogP contribution in [0.1, 0.15) is 19.8 Å². The van der Waals surface area contributed by atoms with Gasteiger partial charge >= 0.3 is 0 Å². The molecule has 0 saturated carbocycles. The van der Waals surface area contributed by atoms with Crippen LogP contribution in [-0.2, 0) is 0 Å². The molecule has 1 atom stereocenters. The first-order chi connectivity index (χ1) is 4.70. The van der Waals surface area contributed by atoms with E-state index in [2.05, 4.69) is 0 Å². The molecule has 10 heavy (non-hydrogen) atoms. The first-order valence-electron chi connectivity index (χ1n) is 3.88. The van der Waals surface area contributed by atoms with Crippen molar-refractivity contribution in [2.75, 3.05) is 13.1 Å². The lowest BCUT2D eigenvalue weighted by molar-refractivity contribution is 0.0721. The summed E-state index contributed by atoms with van der Waals surface area (Å²) in [5.74, 6) is 6.02. The molecule has 0 bridgehead atoms. The van der Waals surface area contributed by atoms with Crippen LogP contribution in [0.4, 0.5) is 0 Å². The Balaban J connectivity index is 2.26. The number of aliphatic hydroxyl groups is 1. The van der Waals surface area contributed by atoms with Gasteiger partial charge in [-0.2, -0.15) is 0 Å². The third kappa shape index (κ3) is 1.94. The number of hydrogen-bond donors (Lipinski definition) is 2. The van der Waals surface area contributed by atoms with E-state index >= 15 is 0 Å². The first kappa shape index (κ1) is 7.98. The van der Waals surface area contributed by atoms with E-state index in [1.807, 2.05) is 11.9 Å². The molecule has 1 aliphatic rings. The molecule has 0 aromatic carbocycles. The molecule has 0 radical (unpaired) electrons. The summed E-state index contributed by atoms with van der Waals surface area (Å²) in [6, 6.07) is 0. The zero-order chi connectivity index (χ0) is 7.56. The van der Waals surface area contributed by atoms with Gasteiger partial charge < -0.3 is 5.11 Å². The molecule has 3 heteroatoms. The molecule has 60 valence electrons. The monoisotopic (exact) mass is 144 g/mol. The SMILES string of the molecule is CC(O)C1CCN(N)CC1. The third-order valence-corrected chi connectivity index (χ3v) is 2.26. The van der Waals surface area contributed by atoms with Crippen molar-refractivity contribution in [2.24, 2.45) is 11.8 Å². The largest absolute Gasteiger partial charge is 0.393 e. The van der Waals surface area contributed by atoms with Crippen molar-refractivity contribution in [3.8, 4) is 0 Å². The molecule has 1 fully saturated rings. The summed E-state index contributed by atoms with van der Waals surface area (Å²) in [6.07, 6.45) is 1.91. The van der Waals surface area contributed by atoms with E-state index in [0.29, 0.717) is 5.92 Å². The Kier molecular flexibility index (Phi) is 2.65. The molecule has 1 unspecified atom stereocenters. The standard InChI is InChI=1S/C7H16N2O/c1-6(10)7-2-4-9(8)5-3-7/h6-7,10H,2-5,8H2,1H3. The second kappa shape index (κ2) is 3.32. The molecule has 0 spiro atoms. The second-order valence-corrected chi connectivity index (χ2v) is 3.11. The summed E-state index contributed by atoms with van der Waals surface area (Å²) < 4.78 is 0. The Morgan fingerprint density at radius 2 is 2.00 bits per heavy atom. The Morgan fingerprint density at radius 1 is 1.50 bits per heavy atom. The van der Waals surface area contributed by atoms with E-state index in [0.717, 1.165) is 25.9 Å². The topological polar surface area (TPSA) is 49.5 Å². The highest BCUT2D eigenvalue weighted by Gasteiger charge is 2.20. The van der Waals surface area contributed by atoms with Gasteiger partial charge in [-0.15, -0.1) is 0 Å². The number of rotatable bonds is 1. The number of hydrogen-bond acceptors (Lipinski definition) is 3. The maximum absolute atomic E-state index is 9.20. The van der Waals surface area contributed by atoms with E-state index in [4.69, 9.17) is 5.84 Å². The summed E-state index contributed by atoms with van der Waals surface area (Å²) >= 11 is 0. The Hall–Kier alpha value is -0.120. The van der Waals surface area contributed by atoms with Crippen molar-refractivity contribution in [3.05, 3.63) is 0 Å². The zero-order valence-electron chi connectivity index (χ0n) is 6.45. The van der Waals surface area contributed by atoms with Gasteiger partial charge in [0.1, 0.15) is 0 Å². The van der Waals surface area contributed by atoms with Crippen LogP contribution in [0.15, 0.2) is 0 Å². The van der Waals surface area contributed by atoms with Crippen LogP contribution in [-0.4, -0.2) is 29.3 Å². The van der Waals surface area contributed by atoms with E-state index in [1.165, 1.54) is 0 Å². The molecule has 0 aromatic heterocycles. The minimum atomic E-state index is -0.159. The lowest BCUT2D eigenvalue weighted by atomic mass is 9.93. The third-order valence-electron chi connectivity index (χ3n) is 2.26. The van der Waals surface area contributed by atoms with Gasteiger partial charge in [0.2, 0.25) is 0 Å². The van der Waals surface area contributed by atoms with Crippen molar-refractivity contribution >= 4 is 0 Å². The summed E-state index contributed by atoms with van der Waals surface area (Å²) in [4.78, 5) is 0. The highest BCUT2D eigenvalue weighted by atomic mass is 16.3. The highest BCUT2D eigenvalue weighted by Crippen LogP contribution is 2.18. The molecule has 1 rings (SSSR count). The summed E-state index contributed by atoms with van der Waals surface area (Å²) in [5, 5.41) is 11.0. The molecule has 1 aliphatic heterocycles. The molecule has 0 aliphatic carbocycles. The molecule has 3 N–H and O–H groups in total. The quantitative estimate of drug-likeness (QED) is 0.507. The first-order valence-corrected chi connectivity index (χ1v) is 3.88.